The molecule has 1 aliphatic carbocycles. The molecule has 5 rings (SSSR count). The molecule has 3 heterocycles. The lowest BCUT2D eigenvalue weighted by molar-refractivity contribution is 0.0766. The third-order valence-electron chi connectivity index (χ3n) is 6.84. The van der Waals surface area contributed by atoms with Gasteiger partial charge in [-0.25, -0.2) is 4.68 Å². The Morgan fingerprint density at radius 3 is 2.69 bits per heavy atom. The van der Waals surface area contributed by atoms with Crippen LogP contribution in [0.4, 0.5) is 0 Å². The van der Waals surface area contributed by atoms with Crippen molar-refractivity contribution in [3.8, 4) is 5.69 Å². The molecule has 2 aromatic rings. The molecule has 0 radical (unpaired) electrons. The Labute approximate surface area is 172 Å². The molecule has 1 N–H and O–H groups in total. The summed E-state index contributed by atoms with van der Waals surface area (Å²) in [6.07, 6.45) is 5.20. The van der Waals surface area contributed by atoms with E-state index in [0.717, 1.165) is 77.1 Å². The molecule has 1 aromatic heterocycles. The fraction of sp³-hybridized carbons (Fsp3) is 0.565. The van der Waals surface area contributed by atoms with Crippen molar-refractivity contribution in [3.63, 3.8) is 0 Å². The lowest BCUT2D eigenvalue weighted by Gasteiger charge is -2.32. The first-order valence-corrected chi connectivity index (χ1v) is 11.2. The van der Waals surface area contributed by atoms with Gasteiger partial charge < -0.3 is 10.2 Å². The number of hydrogen-bond donors (Lipinski definition) is 1. The van der Waals surface area contributed by atoms with E-state index in [1.54, 1.807) is 0 Å². The van der Waals surface area contributed by atoms with Gasteiger partial charge in [-0.05, 0) is 49.8 Å². The van der Waals surface area contributed by atoms with E-state index in [9.17, 15) is 4.79 Å². The van der Waals surface area contributed by atoms with E-state index < -0.39 is 0 Å². The zero-order chi connectivity index (χ0) is 19.8. The Kier molecular flexibility index (Phi) is 5.14. The average Bonchev–Trinajstić information content (AvgIpc) is 3.51. The van der Waals surface area contributed by atoms with Gasteiger partial charge in [0.1, 0.15) is 0 Å². The van der Waals surface area contributed by atoms with Crippen molar-refractivity contribution in [2.75, 3.05) is 39.3 Å². The number of benzene rings is 1. The molecule has 0 saturated carbocycles. The second-order valence-electron chi connectivity index (χ2n) is 8.54. The van der Waals surface area contributed by atoms with Gasteiger partial charge in [0.25, 0.3) is 5.91 Å². The first-order chi connectivity index (χ1) is 14.2. The average molecular weight is 394 g/mol. The van der Waals surface area contributed by atoms with Crippen molar-refractivity contribution < 1.29 is 4.79 Å². The van der Waals surface area contributed by atoms with Crippen LogP contribution in [0.15, 0.2) is 24.3 Å². The molecule has 1 atom stereocenters. The number of hydrogen-bond acceptors (Lipinski definition) is 4. The first-order valence-electron chi connectivity index (χ1n) is 11.2. The summed E-state index contributed by atoms with van der Waals surface area (Å²) in [6.45, 7) is 8.14. The van der Waals surface area contributed by atoms with Crippen LogP contribution in [0.2, 0.25) is 0 Å². The van der Waals surface area contributed by atoms with Crippen molar-refractivity contribution >= 4 is 5.91 Å². The van der Waals surface area contributed by atoms with Gasteiger partial charge in [0.2, 0.25) is 0 Å². The predicted octanol–water partition coefficient (Wildman–Crippen LogP) is 2.04. The van der Waals surface area contributed by atoms with Crippen LogP contribution in [0.25, 0.3) is 5.69 Å². The summed E-state index contributed by atoms with van der Waals surface area (Å²) in [5.41, 5.74) is 5.50. The molecule has 1 aromatic carbocycles. The fourth-order valence-electron chi connectivity index (χ4n) is 5.12. The molecular formula is C23H31N5O. The molecule has 3 aliphatic rings. The zero-order valence-corrected chi connectivity index (χ0v) is 17.4. The molecule has 154 valence electrons. The highest BCUT2D eigenvalue weighted by Crippen LogP contribution is 2.30. The smallest absolute Gasteiger partial charge is 0.274 e. The summed E-state index contributed by atoms with van der Waals surface area (Å²) < 4.78 is 2.03. The van der Waals surface area contributed by atoms with Crippen LogP contribution in [0.1, 0.15) is 47.1 Å². The summed E-state index contributed by atoms with van der Waals surface area (Å²) in [7, 11) is 0. The van der Waals surface area contributed by atoms with Gasteiger partial charge in [0, 0.05) is 56.6 Å². The van der Waals surface area contributed by atoms with Crippen LogP contribution in [-0.2, 0) is 19.3 Å². The van der Waals surface area contributed by atoms with Crippen molar-refractivity contribution in [3.05, 3.63) is 46.8 Å². The molecule has 2 aliphatic heterocycles. The highest BCUT2D eigenvalue weighted by Gasteiger charge is 2.35. The maximum absolute atomic E-state index is 13.4. The number of nitrogens with zero attached hydrogens (tertiary/aromatic N) is 4. The fourth-order valence-corrected chi connectivity index (χ4v) is 5.12. The summed E-state index contributed by atoms with van der Waals surface area (Å²) in [5.74, 6) is 0.129. The summed E-state index contributed by atoms with van der Waals surface area (Å²) in [6, 6.07) is 9.10. The maximum Gasteiger partial charge on any atom is 0.274 e. The molecule has 29 heavy (non-hydrogen) atoms. The van der Waals surface area contributed by atoms with Gasteiger partial charge in [-0.3, -0.25) is 9.69 Å². The SMILES string of the molecule is CCc1ccc(-n2nc(C(=O)N3CCC(N4CCNCC4)C3)c3c2CCC3)cc1. The van der Waals surface area contributed by atoms with Gasteiger partial charge in [-0.2, -0.15) is 5.10 Å². The lowest BCUT2D eigenvalue weighted by atomic mass is 10.1. The standard InChI is InChI=1S/C23H31N5O/c1-2-17-6-8-18(9-7-17)28-21-5-3-4-20(21)22(25-28)23(29)27-13-10-19(16-27)26-14-11-24-12-15-26/h6-9,19,24H,2-5,10-16H2,1H3. The van der Waals surface area contributed by atoms with Gasteiger partial charge >= 0.3 is 0 Å². The minimum Gasteiger partial charge on any atom is -0.336 e. The minimum absolute atomic E-state index is 0.129. The van der Waals surface area contributed by atoms with E-state index in [2.05, 4.69) is 41.4 Å². The van der Waals surface area contributed by atoms with E-state index in [0.29, 0.717) is 11.7 Å². The van der Waals surface area contributed by atoms with Crippen molar-refractivity contribution in [2.45, 2.75) is 45.1 Å². The molecule has 6 nitrogen and oxygen atoms in total. The Balaban J connectivity index is 1.37. The number of aryl methyl sites for hydroxylation is 1. The Hall–Kier alpha value is -2.18. The van der Waals surface area contributed by atoms with Crippen LogP contribution in [0.3, 0.4) is 0 Å². The largest absolute Gasteiger partial charge is 0.336 e. The van der Waals surface area contributed by atoms with Crippen LogP contribution in [-0.4, -0.2) is 70.8 Å². The normalized spacial score (nSPS) is 22.2. The van der Waals surface area contributed by atoms with Crippen molar-refractivity contribution in [2.24, 2.45) is 0 Å². The summed E-state index contributed by atoms with van der Waals surface area (Å²) in [4.78, 5) is 18.0. The molecule has 1 unspecified atom stereocenters. The lowest BCUT2D eigenvalue weighted by Crippen LogP contribution is -2.49. The number of carbonyl (C=O) groups excluding carboxylic acids is 1. The highest BCUT2D eigenvalue weighted by atomic mass is 16.2. The Morgan fingerprint density at radius 1 is 1.14 bits per heavy atom. The first kappa shape index (κ1) is 18.8. The molecule has 0 spiro atoms. The molecular weight excluding hydrogens is 362 g/mol. The number of likely N-dealkylation sites (tertiary alicyclic amines) is 1. The second kappa shape index (κ2) is 7.92. The molecule has 0 bridgehead atoms. The Morgan fingerprint density at radius 2 is 1.93 bits per heavy atom. The predicted molar refractivity (Wildman–Crippen MR) is 114 cm³/mol. The molecule has 2 fully saturated rings. The second-order valence-corrected chi connectivity index (χ2v) is 8.54. The van der Waals surface area contributed by atoms with Crippen molar-refractivity contribution in [1.29, 1.82) is 0 Å². The highest BCUT2D eigenvalue weighted by molar-refractivity contribution is 5.94. The van der Waals surface area contributed by atoms with Crippen LogP contribution < -0.4 is 5.32 Å². The van der Waals surface area contributed by atoms with Crippen molar-refractivity contribution in [1.82, 2.24) is 24.9 Å². The van der Waals surface area contributed by atoms with E-state index >= 15 is 0 Å². The monoisotopic (exact) mass is 393 g/mol. The number of nitrogens with one attached hydrogen (secondary N) is 1. The Bertz CT molecular complexity index is 881. The molecule has 6 heteroatoms. The van der Waals surface area contributed by atoms with E-state index in [4.69, 9.17) is 5.10 Å². The third-order valence-corrected chi connectivity index (χ3v) is 6.84. The topological polar surface area (TPSA) is 53.4 Å². The number of carbonyl (C=O) groups is 1. The number of rotatable bonds is 4. The molecule has 2 saturated heterocycles. The van der Waals surface area contributed by atoms with Gasteiger partial charge in [0.15, 0.2) is 5.69 Å². The van der Waals surface area contributed by atoms with E-state index in [-0.39, 0.29) is 5.91 Å². The van der Waals surface area contributed by atoms with Crippen LogP contribution >= 0.6 is 0 Å². The van der Waals surface area contributed by atoms with Crippen LogP contribution in [0.5, 0.6) is 0 Å². The quantitative estimate of drug-likeness (QED) is 0.864. The maximum atomic E-state index is 13.4. The number of amides is 1. The van der Waals surface area contributed by atoms with Gasteiger partial charge in [-0.15, -0.1) is 0 Å². The van der Waals surface area contributed by atoms with Gasteiger partial charge in [0.05, 0.1) is 5.69 Å². The number of fused-ring (bicyclic) bond motifs is 1. The summed E-state index contributed by atoms with van der Waals surface area (Å²) in [5, 5.41) is 8.26. The minimum atomic E-state index is 0.129. The third kappa shape index (κ3) is 3.49. The summed E-state index contributed by atoms with van der Waals surface area (Å²) >= 11 is 0. The zero-order valence-electron chi connectivity index (χ0n) is 17.4. The van der Waals surface area contributed by atoms with Gasteiger partial charge in [-0.1, -0.05) is 19.1 Å². The number of aromatic nitrogens is 2. The number of piperazine rings is 1. The van der Waals surface area contributed by atoms with E-state index in [1.807, 2.05) is 9.58 Å². The van der Waals surface area contributed by atoms with Crippen LogP contribution in [0, 0.1) is 0 Å². The van der Waals surface area contributed by atoms with E-state index in [1.165, 1.54) is 16.8 Å². The molecule has 1 amide bonds.